The molecule has 0 aromatic heterocycles. The van der Waals surface area contributed by atoms with Gasteiger partial charge in [0.15, 0.2) is 9.84 Å². The van der Waals surface area contributed by atoms with Gasteiger partial charge in [0.05, 0.1) is 11.5 Å². The van der Waals surface area contributed by atoms with E-state index in [1.54, 1.807) is 7.05 Å². The molecule has 1 aromatic rings. The molecular formula is C20H28N2O4S. The number of sulfone groups is 1. The minimum Gasteiger partial charge on any atom is -0.341 e. The van der Waals surface area contributed by atoms with Gasteiger partial charge in [-0.3, -0.25) is 9.59 Å². The molecule has 6 nitrogen and oxygen atoms in total. The van der Waals surface area contributed by atoms with Crippen LogP contribution in [0.1, 0.15) is 44.2 Å². The molecule has 1 heterocycles. The molecule has 1 aliphatic carbocycles. The predicted octanol–water partition coefficient (Wildman–Crippen LogP) is 2.18. The number of hydrogen-bond donors (Lipinski definition) is 1. The number of carbonyl (C=O) groups is 2. The summed E-state index contributed by atoms with van der Waals surface area (Å²) < 4.78 is 23.5. The Morgan fingerprint density at radius 1 is 1.19 bits per heavy atom. The Labute approximate surface area is 161 Å². The molecule has 1 saturated heterocycles. The highest BCUT2D eigenvalue weighted by Gasteiger charge is 2.58. The molecule has 7 heteroatoms. The van der Waals surface area contributed by atoms with Crippen LogP contribution in [0.25, 0.3) is 0 Å². The van der Waals surface area contributed by atoms with Crippen molar-refractivity contribution in [3.05, 3.63) is 29.3 Å². The molecule has 0 spiro atoms. The Morgan fingerprint density at radius 2 is 1.78 bits per heavy atom. The van der Waals surface area contributed by atoms with Crippen LogP contribution < -0.4 is 5.32 Å². The standard InChI is InChI=1S/C20H28N2O4S/c1-4-14-7-6-8-15(5-2)17(14)21-18(23)20(10-11-20)19(24)22(3)16-9-12-27(25,26)13-16/h6-8,16H,4-5,9-13H2,1-3H3,(H,21,23). The molecule has 1 N–H and O–H groups in total. The van der Waals surface area contributed by atoms with Gasteiger partial charge in [-0.1, -0.05) is 32.0 Å². The van der Waals surface area contributed by atoms with Gasteiger partial charge in [0.2, 0.25) is 11.8 Å². The Bertz CT molecular complexity index is 836. The second kappa shape index (κ2) is 7.26. The molecule has 148 valence electrons. The molecule has 1 aromatic carbocycles. The van der Waals surface area contributed by atoms with E-state index in [4.69, 9.17) is 0 Å². The van der Waals surface area contributed by atoms with Gasteiger partial charge in [0, 0.05) is 18.8 Å². The van der Waals surface area contributed by atoms with Crippen molar-refractivity contribution in [1.82, 2.24) is 4.90 Å². The second-order valence-corrected chi connectivity index (χ2v) is 9.90. The van der Waals surface area contributed by atoms with Crippen molar-refractivity contribution in [2.75, 3.05) is 23.9 Å². The molecule has 1 atom stereocenters. The Kier molecular flexibility index (Phi) is 5.34. The fourth-order valence-electron chi connectivity index (χ4n) is 3.88. The highest BCUT2D eigenvalue weighted by molar-refractivity contribution is 7.91. The number of carbonyl (C=O) groups excluding carboxylic acids is 2. The van der Waals surface area contributed by atoms with E-state index in [2.05, 4.69) is 5.32 Å². The first-order chi connectivity index (χ1) is 12.7. The van der Waals surface area contributed by atoms with Gasteiger partial charge in [-0.2, -0.15) is 0 Å². The van der Waals surface area contributed by atoms with Crippen molar-refractivity contribution < 1.29 is 18.0 Å². The van der Waals surface area contributed by atoms with E-state index in [1.807, 2.05) is 32.0 Å². The van der Waals surface area contributed by atoms with E-state index in [0.717, 1.165) is 29.7 Å². The van der Waals surface area contributed by atoms with E-state index in [0.29, 0.717) is 19.3 Å². The monoisotopic (exact) mass is 392 g/mol. The zero-order valence-electron chi connectivity index (χ0n) is 16.2. The number of nitrogens with one attached hydrogen (secondary N) is 1. The van der Waals surface area contributed by atoms with Crippen LogP contribution in [0, 0.1) is 5.41 Å². The highest BCUT2D eigenvalue weighted by Crippen LogP contribution is 2.49. The fraction of sp³-hybridized carbons (Fsp3) is 0.600. The minimum absolute atomic E-state index is 0.00834. The van der Waals surface area contributed by atoms with Gasteiger partial charge in [-0.05, 0) is 43.2 Å². The molecule has 0 radical (unpaired) electrons. The van der Waals surface area contributed by atoms with Gasteiger partial charge in [-0.15, -0.1) is 0 Å². The van der Waals surface area contributed by atoms with Crippen molar-refractivity contribution in [2.45, 2.75) is 52.0 Å². The largest absolute Gasteiger partial charge is 0.341 e. The number of amides is 2. The van der Waals surface area contributed by atoms with Crippen LogP contribution in [0.2, 0.25) is 0 Å². The Hall–Kier alpha value is -1.89. The number of benzene rings is 1. The summed E-state index contributed by atoms with van der Waals surface area (Å²) in [6, 6.07) is 5.64. The summed E-state index contributed by atoms with van der Waals surface area (Å²) in [5.74, 6) is -0.422. The number of para-hydroxylation sites is 1. The van der Waals surface area contributed by atoms with Gasteiger partial charge in [0.25, 0.3) is 0 Å². The second-order valence-electron chi connectivity index (χ2n) is 7.67. The van der Waals surface area contributed by atoms with Crippen LogP contribution in [0.3, 0.4) is 0 Å². The third-order valence-corrected chi connectivity index (χ3v) is 7.66. The molecule has 1 saturated carbocycles. The maximum absolute atomic E-state index is 13.0. The highest BCUT2D eigenvalue weighted by atomic mass is 32.2. The average Bonchev–Trinajstić information content (AvgIpc) is 3.38. The van der Waals surface area contributed by atoms with Gasteiger partial charge >= 0.3 is 0 Å². The smallest absolute Gasteiger partial charge is 0.240 e. The number of anilines is 1. The third kappa shape index (κ3) is 3.74. The van der Waals surface area contributed by atoms with Crippen molar-refractivity contribution >= 4 is 27.3 Å². The maximum Gasteiger partial charge on any atom is 0.240 e. The number of nitrogens with zero attached hydrogens (tertiary/aromatic N) is 1. The summed E-state index contributed by atoms with van der Waals surface area (Å²) in [5.41, 5.74) is 1.88. The third-order valence-electron chi connectivity index (χ3n) is 5.91. The Balaban J connectivity index is 1.78. The lowest BCUT2D eigenvalue weighted by atomic mass is 9.99. The molecule has 2 amide bonds. The van der Waals surface area contributed by atoms with Crippen LogP contribution in [0.15, 0.2) is 18.2 Å². The number of rotatable bonds is 6. The van der Waals surface area contributed by atoms with Crippen LogP contribution in [-0.4, -0.2) is 49.7 Å². The van der Waals surface area contributed by atoms with Crippen LogP contribution >= 0.6 is 0 Å². The molecule has 2 aliphatic rings. The summed E-state index contributed by atoms with van der Waals surface area (Å²) in [6.07, 6.45) is 3.06. The SMILES string of the molecule is CCc1cccc(CC)c1NC(=O)C1(C(=O)N(C)C2CCS(=O)(=O)C2)CC1. The van der Waals surface area contributed by atoms with Crippen LogP contribution in [-0.2, 0) is 32.3 Å². The fourth-order valence-corrected chi connectivity index (χ4v) is 5.66. The van der Waals surface area contributed by atoms with E-state index in [1.165, 1.54) is 4.90 Å². The van der Waals surface area contributed by atoms with Gasteiger partial charge in [0.1, 0.15) is 5.41 Å². The summed E-state index contributed by atoms with van der Waals surface area (Å²) in [5, 5.41) is 3.02. The molecule has 3 rings (SSSR count). The molecule has 1 aliphatic heterocycles. The molecular weight excluding hydrogens is 364 g/mol. The van der Waals surface area contributed by atoms with E-state index in [9.17, 15) is 18.0 Å². The van der Waals surface area contributed by atoms with Gasteiger partial charge in [-0.25, -0.2) is 8.42 Å². The van der Waals surface area contributed by atoms with Crippen molar-refractivity contribution in [1.29, 1.82) is 0 Å². The van der Waals surface area contributed by atoms with Gasteiger partial charge < -0.3 is 10.2 Å². The lowest BCUT2D eigenvalue weighted by molar-refractivity contribution is -0.142. The zero-order valence-corrected chi connectivity index (χ0v) is 17.1. The number of hydrogen-bond acceptors (Lipinski definition) is 4. The summed E-state index contributed by atoms with van der Waals surface area (Å²) in [4.78, 5) is 27.6. The number of aryl methyl sites for hydroxylation is 2. The van der Waals surface area contributed by atoms with Crippen molar-refractivity contribution in [3.63, 3.8) is 0 Å². The molecule has 2 fully saturated rings. The predicted molar refractivity (Wildman–Crippen MR) is 105 cm³/mol. The first-order valence-electron chi connectivity index (χ1n) is 9.64. The summed E-state index contributed by atoms with van der Waals surface area (Å²) in [7, 11) is -1.46. The molecule has 0 bridgehead atoms. The quantitative estimate of drug-likeness (QED) is 0.752. The van der Waals surface area contributed by atoms with Crippen LogP contribution in [0.5, 0.6) is 0 Å². The summed E-state index contributed by atoms with van der Waals surface area (Å²) in [6.45, 7) is 4.08. The lowest BCUT2D eigenvalue weighted by Gasteiger charge is -2.28. The topological polar surface area (TPSA) is 83.6 Å². The van der Waals surface area contributed by atoms with E-state index >= 15 is 0 Å². The van der Waals surface area contributed by atoms with E-state index < -0.39 is 15.3 Å². The minimum atomic E-state index is -3.08. The van der Waals surface area contributed by atoms with Crippen molar-refractivity contribution in [2.24, 2.45) is 5.41 Å². The lowest BCUT2D eigenvalue weighted by Crippen LogP contribution is -2.46. The molecule has 27 heavy (non-hydrogen) atoms. The maximum atomic E-state index is 13.0. The summed E-state index contributed by atoms with van der Waals surface area (Å²) >= 11 is 0. The first-order valence-corrected chi connectivity index (χ1v) is 11.5. The van der Waals surface area contributed by atoms with Crippen molar-refractivity contribution in [3.8, 4) is 0 Å². The Morgan fingerprint density at radius 3 is 2.22 bits per heavy atom. The first kappa shape index (κ1) is 19.9. The molecule has 1 unspecified atom stereocenters. The average molecular weight is 393 g/mol. The normalized spacial score (nSPS) is 22.3. The van der Waals surface area contributed by atoms with E-state index in [-0.39, 0.29) is 29.4 Å². The van der Waals surface area contributed by atoms with Crippen LogP contribution in [0.4, 0.5) is 5.69 Å². The zero-order chi connectivity index (χ0) is 19.8.